The maximum absolute atomic E-state index is 12.5. The molecule has 1 aliphatic heterocycles. The van der Waals surface area contributed by atoms with Gasteiger partial charge in [-0.2, -0.15) is 5.06 Å². The Balaban J connectivity index is 1.82. The smallest absolute Gasteiger partial charge is 0.258 e. The number of rotatable bonds is 2. The van der Waals surface area contributed by atoms with Gasteiger partial charge in [-0.3, -0.25) is 14.8 Å². The summed E-state index contributed by atoms with van der Waals surface area (Å²) in [5.41, 5.74) is 1.96. The summed E-state index contributed by atoms with van der Waals surface area (Å²) in [6, 6.07) is 19.3. The van der Waals surface area contributed by atoms with E-state index in [1.807, 2.05) is 72.8 Å². The lowest BCUT2D eigenvalue weighted by atomic mass is 9.68. The molecule has 1 aliphatic carbocycles. The third-order valence-electron chi connectivity index (χ3n) is 5.04. The van der Waals surface area contributed by atoms with E-state index in [4.69, 9.17) is 0 Å². The monoisotopic (exact) mass is 319 g/mol. The number of imide groups is 1. The summed E-state index contributed by atoms with van der Waals surface area (Å²) >= 11 is 0. The van der Waals surface area contributed by atoms with Gasteiger partial charge in [-0.25, -0.2) is 0 Å². The standard InChI is InChI=1S/C20H17NO3/c22-19-17-15(13-7-3-1-4-8-13)11-12-16(14-9-5-2-6-10-14)18(17)20(23)21(19)24/h1-12,15-18,24H. The Morgan fingerprint density at radius 3 is 1.42 bits per heavy atom. The van der Waals surface area contributed by atoms with Crippen LogP contribution in [0.4, 0.5) is 0 Å². The van der Waals surface area contributed by atoms with E-state index >= 15 is 0 Å². The van der Waals surface area contributed by atoms with Crippen LogP contribution in [-0.2, 0) is 9.59 Å². The number of carbonyl (C=O) groups excluding carboxylic acids is 2. The van der Waals surface area contributed by atoms with Crippen molar-refractivity contribution in [2.45, 2.75) is 11.8 Å². The van der Waals surface area contributed by atoms with Gasteiger partial charge in [-0.1, -0.05) is 72.8 Å². The van der Waals surface area contributed by atoms with E-state index in [0.717, 1.165) is 11.1 Å². The maximum atomic E-state index is 12.5. The van der Waals surface area contributed by atoms with E-state index in [1.165, 1.54) is 0 Å². The van der Waals surface area contributed by atoms with Crippen LogP contribution in [-0.4, -0.2) is 22.1 Å². The van der Waals surface area contributed by atoms with Crippen LogP contribution >= 0.6 is 0 Å². The number of carbonyl (C=O) groups is 2. The zero-order valence-electron chi connectivity index (χ0n) is 12.9. The molecule has 120 valence electrons. The SMILES string of the molecule is O=C1C2C(c3ccccc3)C=CC(c3ccccc3)C2C(=O)N1O. The topological polar surface area (TPSA) is 57.6 Å². The van der Waals surface area contributed by atoms with Gasteiger partial charge in [0.25, 0.3) is 11.8 Å². The Morgan fingerprint density at radius 2 is 1.04 bits per heavy atom. The fourth-order valence-electron chi connectivity index (χ4n) is 3.92. The number of hydroxylamine groups is 2. The first-order valence-electron chi connectivity index (χ1n) is 8.03. The van der Waals surface area contributed by atoms with Crippen molar-refractivity contribution in [3.05, 3.63) is 83.9 Å². The van der Waals surface area contributed by atoms with Gasteiger partial charge in [-0.15, -0.1) is 0 Å². The van der Waals surface area contributed by atoms with Gasteiger partial charge >= 0.3 is 0 Å². The highest BCUT2D eigenvalue weighted by molar-refractivity contribution is 6.05. The van der Waals surface area contributed by atoms with Gasteiger partial charge in [0.05, 0.1) is 11.8 Å². The predicted molar refractivity (Wildman–Crippen MR) is 88.1 cm³/mol. The van der Waals surface area contributed by atoms with Crippen LogP contribution in [0.15, 0.2) is 72.8 Å². The molecule has 4 rings (SSSR count). The number of nitrogens with zero attached hydrogens (tertiary/aromatic N) is 1. The highest BCUT2D eigenvalue weighted by Gasteiger charge is 2.55. The molecule has 1 saturated heterocycles. The van der Waals surface area contributed by atoms with Crippen LogP contribution < -0.4 is 0 Å². The highest BCUT2D eigenvalue weighted by Crippen LogP contribution is 2.48. The summed E-state index contributed by atoms with van der Waals surface area (Å²) in [5.74, 6) is -2.57. The summed E-state index contributed by atoms with van der Waals surface area (Å²) in [7, 11) is 0. The third-order valence-corrected chi connectivity index (χ3v) is 5.04. The molecule has 0 bridgehead atoms. The normalized spacial score (nSPS) is 29.0. The Morgan fingerprint density at radius 1 is 0.667 bits per heavy atom. The third kappa shape index (κ3) is 2.19. The minimum absolute atomic E-state index is 0.204. The Labute approximate surface area is 140 Å². The van der Waals surface area contributed by atoms with Gasteiger partial charge < -0.3 is 0 Å². The molecule has 1 fully saturated rings. The van der Waals surface area contributed by atoms with Crippen molar-refractivity contribution >= 4 is 11.8 Å². The number of benzene rings is 2. The van der Waals surface area contributed by atoms with Crippen LogP contribution in [0, 0.1) is 11.8 Å². The van der Waals surface area contributed by atoms with Crippen molar-refractivity contribution in [1.29, 1.82) is 0 Å². The highest BCUT2D eigenvalue weighted by atomic mass is 16.5. The molecule has 1 N–H and O–H groups in total. The molecule has 2 aliphatic rings. The maximum Gasteiger partial charge on any atom is 0.258 e. The molecule has 0 saturated carbocycles. The Kier molecular flexibility index (Phi) is 3.54. The lowest BCUT2D eigenvalue weighted by Gasteiger charge is -2.32. The summed E-state index contributed by atoms with van der Waals surface area (Å²) < 4.78 is 0. The van der Waals surface area contributed by atoms with Crippen LogP contribution in [0.5, 0.6) is 0 Å². The van der Waals surface area contributed by atoms with Gasteiger partial charge in [-0.05, 0) is 11.1 Å². The molecule has 24 heavy (non-hydrogen) atoms. The number of fused-ring (bicyclic) bond motifs is 1. The van der Waals surface area contributed by atoms with E-state index in [2.05, 4.69) is 0 Å². The summed E-state index contributed by atoms with van der Waals surface area (Å²) in [6.45, 7) is 0. The first kappa shape index (κ1) is 14.8. The van der Waals surface area contributed by atoms with E-state index in [1.54, 1.807) is 0 Å². The first-order chi connectivity index (χ1) is 11.7. The zero-order chi connectivity index (χ0) is 16.7. The second kappa shape index (κ2) is 5.73. The van der Waals surface area contributed by atoms with E-state index < -0.39 is 23.7 Å². The number of amides is 2. The van der Waals surface area contributed by atoms with Crippen LogP contribution in [0.2, 0.25) is 0 Å². The molecule has 4 nitrogen and oxygen atoms in total. The largest absolute Gasteiger partial charge is 0.278 e. The van der Waals surface area contributed by atoms with Gasteiger partial charge in [0.2, 0.25) is 0 Å². The fourth-order valence-corrected chi connectivity index (χ4v) is 3.92. The molecular formula is C20H17NO3. The van der Waals surface area contributed by atoms with Crippen LogP contribution in [0.3, 0.4) is 0 Å². The van der Waals surface area contributed by atoms with Crippen LogP contribution in [0.25, 0.3) is 0 Å². The summed E-state index contributed by atoms with van der Waals surface area (Å²) in [4.78, 5) is 25.1. The second-order valence-corrected chi connectivity index (χ2v) is 6.30. The molecule has 4 unspecified atom stereocenters. The van der Waals surface area contributed by atoms with Crippen LogP contribution in [0.1, 0.15) is 23.0 Å². The quantitative estimate of drug-likeness (QED) is 0.526. The average Bonchev–Trinajstić information content (AvgIpc) is 2.87. The molecular weight excluding hydrogens is 302 g/mol. The molecule has 2 aromatic rings. The molecule has 4 atom stereocenters. The average molecular weight is 319 g/mol. The van der Waals surface area contributed by atoms with Crippen molar-refractivity contribution in [3.8, 4) is 0 Å². The minimum atomic E-state index is -0.569. The Bertz CT molecular complexity index is 733. The molecule has 0 aromatic heterocycles. The van der Waals surface area contributed by atoms with Gasteiger partial charge in [0.15, 0.2) is 0 Å². The van der Waals surface area contributed by atoms with Crippen molar-refractivity contribution in [2.75, 3.05) is 0 Å². The molecule has 2 amide bonds. The summed E-state index contributed by atoms with van der Waals surface area (Å²) in [6.07, 6.45) is 4.00. The van der Waals surface area contributed by atoms with Crippen molar-refractivity contribution in [1.82, 2.24) is 5.06 Å². The van der Waals surface area contributed by atoms with Crippen molar-refractivity contribution in [3.63, 3.8) is 0 Å². The minimum Gasteiger partial charge on any atom is -0.278 e. The van der Waals surface area contributed by atoms with E-state index in [0.29, 0.717) is 5.06 Å². The molecule has 0 radical (unpaired) electrons. The molecule has 1 heterocycles. The van der Waals surface area contributed by atoms with Crippen molar-refractivity contribution in [2.24, 2.45) is 11.8 Å². The zero-order valence-corrected chi connectivity index (χ0v) is 12.9. The van der Waals surface area contributed by atoms with E-state index in [-0.39, 0.29) is 11.8 Å². The van der Waals surface area contributed by atoms with Crippen molar-refractivity contribution < 1.29 is 14.8 Å². The second-order valence-electron chi connectivity index (χ2n) is 6.30. The lowest BCUT2D eigenvalue weighted by Crippen LogP contribution is -2.31. The predicted octanol–water partition coefficient (Wildman–Crippen LogP) is 3.11. The molecule has 0 spiro atoms. The van der Waals surface area contributed by atoms with Gasteiger partial charge in [0.1, 0.15) is 0 Å². The summed E-state index contributed by atoms with van der Waals surface area (Å²) in [5, 5.41) is 10.2. The number of allylic oxidation sites excluding steroid dienone is 2. The van der Waals surface area contributed by atoms with E-state index in [9.17, 15) is 14.8 Å². The molecule has 2 aromatic carbocycles. The first-order valence-corrected chi connectivity index (χ1v) is 8.03. The number of hydrogen-bond acceptors (Lipinski definition) is 3. The van der Waals surface area contributed by atoms with Gasteiger partial charge in [0, 0.05) is 11.8 Å². The number of hydrogen-bond donors (Lipinski definition) is 1. The lowest BCUT2D eigenvalue weighted by molar-refractivity contribution is -0.173. The fraction of sp³-hybridized carbons (Fsp3) is 0.200. The molecule has 4 heteroatoms. The Hall–Kier alpha value is -2.72.